The highest BCUT2D eigenvalue weighted by atomic mass is 16.4. The second kappa shape index (κ2) is 4.64. The minimum absolute atomic E-state index is 0.272. The van der Waals surface area contributed by atoms with Crippen molar-refractivity contribution in [3.63, 3.8) is 0 Å². The van der Waals surface area contributed by atoms with E-state index in [0.29, 0.717) is 22.5 Å². The van der Waals surface area contributed by atoms with Gasteiger partial charge in [0.25, 0.3) is 0 Å². The van der Waals surface area contributed by atoms with Gasteiger partial charge in [-0.25, -0.2) is 9.48 Å². The van der Waals surface area contributed by atoms with Crippen LogP contribution in [0.4, 0.5) is 0 Å². The van der Waals surface area contributed by atoms with Crippen LogP contribution >= 0.6 is 0 Å². The predicted octanol–water partition coefficient (Wildman–Crippen LogP) is 2.88. The van der Waals surface area contributed by atoms with E-state index in [9.17, 15) is 9.90 Å². The van der Waals surface area contributed by atoms with Crippen LogP contribution in [0.1, 0.15) is 49.0 Å². The van der Waals surface area contributed by atoms with Gasteiger partial charge in [0.2, 0.25) is 0 Å². The highest BCUT2D eigenvalue weighted by molar-refractivity contribution is 6.00. The number of nitrogens with zero attached hydrogens (tertiary/aromatic N) is 3. The highest BCUT2D eigenvalue weighted by Crippen LogP contribution is 2.34. The molecule has 19 heavy (non-hydrogen) atoms. The second-order valence-corrected chi connectivity index (χ2v) is 5.44. The molecule has 0 aliphatic heterocycles. The fourth-order valence-electron chi connectivity index (χ4n) is 3.05. The van der Waals surface area contributed by atoms with Crippen molar-refractivity contribution in [2.24, 2.45) is 5.92 Å². The fraction of sp³-hybridized carbons (Fsp3) is 0.500. The van der Waals surface area contributed by atoms with Gasteiger partial charge in [0.05, 0.1) is 11.6 Å². The van der Waals surface area contributed by atoms with Crippen LogP contribution in [0.5, 0.6) is 0 Å². The second-order valence-electron chi connectivity index (χ2n) is 5.44. The van der Waals surface area contributed by atoms with Crippen molar-refractivity contribution in [3.8, 4) is 0 Å². The molecule has 1 N–H and O–H groups in total. The third-order valence-electron chi connectivity index (χ3n) is 3.98. The molecule has 2 unspecified atom stereocenters. The number of benzene rings is 1. The standard InChI is InChI=1S/C14H17N3O2/c1-9-4-2-5-10(8-9)17-13-11(14(18)19)6-3-7-12(13)15-16-17/h3,6-7,9-10H,2,4-5,8H2,1H3,(H,18,19). The average Bonchev–Trinajstić information content (AvgIpc) is 2.82. The molecular weight excluding hydrogens is 242 g/mol. The first-order valence-corrected chi connectivity index (χ1v) is 6.74. The van der Waals surface area contributed by atoms with Gasteiger partial charge in [0.15, 0.2) is 0 Å². The van der Waals surface area contributed by atoms with Crippen LogP contribution in [-0.4, -0.2) is 26.1 Å². The molecule has 1 aliphatic carbocycles. The van der Waals surface area contributed by atoms with Crippen molar-refractivity contribution in [3.05, 3.63) is 23.8 Å². The Labute approximate surface area is 111 Å². The SMILES string of the molecule is CC1CCCC(n2nnc3cccc(C(=O)O)c32)C1. The van der Waals surface area contributed by atoms with E-state index in [2.05, 4.69) is 17.2 Å². The molecule has 1 aromatic heterocycles. The van der Waals surface area contributed by atoms with E-state index >= 15 is 0 Å². The van der Waals surface area contributed by atoms with Crippen LogP contribution in [0.25, 0.3) is 11.0 Å². The third kappa shape index (κ3) is 2.09. The number of carboxylic acid groups (broad SMARTS) is 1. The maximum absolute atomic E-state index is 11.3. The first kappa shape index (κ1) is 12.1. The van der Waals surface area contributed by atoms with Gasteiger partial charge in [-0.1, -0.05) is 31.0 Å². The van der Waals surface area contributed by atoms with Crippen molar-refractivity contribution < 1.29 is 9.90 Å². The molecule has 5 heteroatoms. The Hall–Kier alpha value is -1.91. The largest absolute Gasteiger partial charge is 0.478 e. The number of carbonyl (C=O) groups is 1. The predicted molar refractivity (Wildman–Crippen MR) is 71.2 cm³/mol. The molecule has 5 nitrogen and oxygen atoms in total. The summed E-state index contributed by atoms with van der Waals surface area (Å²) in [7, 11) is 0. The minimum Gasteiger partial charge on any atom is -0.478 e. The number of rotatable bonds is 2. The van der Waals surface area contributed by atoms with Gasteiger partial charge in [0.1, 0.15) is 11.0 Å². The molecule has 2 atom stereocenters. The molecule has 0 amide bonds. The van der Waals surface area contributed by atoms with E-state index in [1.54, 1.807) is 12.1 Å². The summed E-state index contributed by atoms with van der Waals surface area (Å²) in [5, 5.41) is 17.6. The molecular formula is C14H17N3O2. The monoisotopic (exact) mass is 259 g/mol. The lowest BCUT2D eigenvalue weighted by Gasteiger charge is -2.27. The lowest BCUT2D eigenvalue weighted by molar-refractivity contribution is 0.0698. The van der Waals surface area contributed by atoms with Crippen LogP contribution < -0.4 is 0 Å². The summed E-state index contributed by atoms with van der Waals surface area (Å²) < 4.78 is 1.83. The van der Waals surface area contributed by atoms with Gasteiger partial charge in [-0.05, 0) is 30.9 Å². The number of hydrogen-bond donors (Lipinski definition) is 1. The van der Waals surface area contributed by atoms with Crippen molar-refractivity contribution >= 4 is 17.0 Å². The number of hydrogen-bond acceptors (Lipinski definition) is 3. The summed E-state index contributed by atoms with van der Waals surface area (Å²) in [6, 6.07) is 5.43. The Balaban J connectivity index is 2.11. The lowest BCUT2D eigenvalue weighted by atomic mass is 9.87. The van der Waals surface area contributed by atoms with Crippen molar-refractivity contribution in [1.29, 1.82) is 0 Å². The molecule has 1 aromatic carbocycles. The third-order valence-corrected chi connectivity index (χ3v) is 3.98. The Bertz CT molecular complexity index is 620. The number of carboxylic acids is 1. The van der Waals surface area contributed by atoms with Crippen molar-refractivity contribution in [1.82, 2.24) is 15.0 Å². The lowest BCUT2D eigenvalue weighted by Crippen LogP contribution is -2.19. The van der Waals surface area contributed by atoms with E-state index in [1.165, 1.54) is 12.8 Å². The minimum atomic E-state index is -0.919. The summed E-state index contributed by atoms with van der Waals surface area (Å²) >= 11 is 0. The molecule has 0 spiro atoms. The zero-order valence-electron chi connectivity index (χ0n) is 10.9. The van der Waals surface area contributed by atoms with Crippen LogP contribution in [0, 0.1) is 5.92 Å². The van der Waals surface area contributed by atoms with E-state index in [-0.39, 0.29) is 6.04 Å². The molecule has 1 heterocycles. The first-order valence-electron chi connectivity index (χ1n) is 6.74. The summed E-state index contributed by atoms with van der Waals surface area (Å²) in [6.45, 7) is 2.24. The van der Waals surface area contributed by atoms with Crippen LogP contribution in [-0.2, 0) is 0 Å². The number of para-hydroxylation sites is 1. The van der Waals surface area contributed by atoms with Crippen LogP contribution in [0.15, 0.2) is 18.2 Å². The maximum Gasteiger partial charge on any atom is 0.337 e. The van der Waals surface area contributed by atoms with Gasteiger partial charge >= 0.3 is 5.97 Å². The Morgan fingerprint density at radius 1 is 1.42 bits per heavy atom. The fourth-order valence-corrected chi connectivity index (χ4v) is 3.05. The molecule has 1 saturated carbocycles. The maximum atomic E-state index is 11.3. The summed E-state index contributed by atoms with van der Waals surface area (Å²) in [4.78, 5) is 11.3. The van der Waals surface area contributed by atoms with E-state index in [4.69, 9.17) is 0 Å². The Morgan fingerprint density at radius 3 is 3.00 bits per heavy atom. The zero-order valence-corrected chi connectivity index (χ0v) is 10.9. The molecule has 0 radical (unpaired) electrons. The number of aromatic carboxylic acids is 1. The molecule has 0 saturated heterocycles. The van der Waals surface area contributed by atoms with E-state index < -0.39 is 5.97 Å². The van der Waals surface area contributed by atoms with E-state index in [1.807, 2.05) is 10.7 Å². The molecule has 1 fully saturated rings. The molecule has 100 valence electrons. The first-order chi connectivity index (χ1) is 9.16. The quantitative estimate of drug-likeness (QED) is 0.900. The molecule has 1 aliphatic rings. The summed E-state index contributed by atoms with van der Waals surface area (Å²) in [6.07, 6.45) is 4.51. The van der Waals surface area contributed by atoms with Crippen molar-refractivity contribution in [2.45, 2.75) is 38.6 Å². The summed E-state index contributed by atoms with van der Waals surface area (Å²) in [5.41, 5.74) is 1.62. The van der Waals surface area contributed by atoms with Crippen molar-refractivity contribution in [2.75, 3.05) is 0 Å². The van der Waals surface area contributed by atoms with Gasteiger partial charge in [-0.2, -0.15) is 0 Å². The van der Waals surface area contributed by atoms with E-state index in [0.717, 1.165) is 12.8 Å². The molecule has 2 aromatic rings. The summed E-state index contributed by atoms with van der Waals surface area (Å²) in [5.74, 6) is -0.256. The smallest absolute Gasteiger partial charge is 0.337 e. The normalized spacial score (nSPS) is 23.6. The number of fused-ring (bicyclic) bond motifs is 1. The molecule has 3 rings (SSSR count). The van der Waals surface area contributed by atoms with Gasteiger partial charge in [-0.15, -0.1) is 5.10 Å². The average molecular weight is 259 g/mol. The Morgan fingerprint density at radius 2 is 2.26 bits per heavy atom. The van der Waals surface area contributed by atoms with Crippen LogP contribution in [0.2, 0.25) is 0 Å². The number of aromatic nitrogens is 3. The molecule has 0 bridgehead atoms. The van der Waals surface area contributed by atoms with Gasteiger partial charge in [0, 0.05) is 0 Å². The topological polar surface area (TPSA) is 68.0 Å². The Kier molecular flexibility index (Phi) is 2.97. The van der Waals surface area contributed by atoms with Gasteiger partial charge < -0.3 is 5.11 Å². The highest BCUT2D eigenvalue weighted by Gasteiger charge is 2.24. The van der Waals surface area contributed by atoms with Crippen LogP contribution in [0.3, 0.4) is 0 Å². The zero-order chi connectivity index (χ0) is 13.4. The van der Waals surface area contributed by atoms with Gasteiger partial charge in [-0.3, -0.25) is 0 Å².